The van der Waals surface area contributed by atoms with E-state index in [-0.39, 0.29) is 0 Å². The number of rotatable bonds is 2. The van der Waals surface area contributed by atoms with E-state index in [2.05, 4.69) is 44.7 Å². The molecule has 0 amide bonds. The molecular weight excluding hydrogens is 156 g/mol. The Balaban J connectivity index is 2.92. The van der Waals surface area contributed by atoms with Crippen molar-refractivity contribution in [1.82, 2.24) is 0 Å². The topological polar surface area (TPSA) is 0 Å². The molecule has 0 aromatic heterocycles. The summed E-state index contributed by atoms with van der Waals surface area (Å²) in [5.74, 6) is 0. The van der Waals surface area contributed by atoms with Gasteiger partial charge in [0.1, 0.15) is 0 Å². The molecular formula is C13H16. The molecule has 0 heteroatoms. The monoisotopic (exact) mass is 172 g/mol. The van der Waals surface area contributed by atoms with Crippen LogP contribution in [0.15, 0.2) is 36.4 Å². The fraction of sp³-hybridized carbons (Fsp3) is 0.231. The summed E-state index contributed by atoms with van der Waals surface area (Å²) in [6.07, 6.45) is 4.12. The van der Waals surface area contributed by atoms with Crippen molar-refractivity contribution in [2.45, 2.75) is 20.8 Å². The zero-order valence-electron chi connectivity index (χ0n) is 8.59. The molecule has 0 saturated carbocycles. The summed E-state index contributed by atoms with van der Waals surface area (Å²) in [6.45, 7) is 10.1. The minimum Gasteiger partial charge on any atom is -0.0961 e. The summed E-state index contributed by atoms with van der Waals surface area (Å²) in [5, 5.41) is 0. The average Bonchev–Trinajstić information content (AvgIpc) is 2.07. The third-order valence-corrected chi connectivity index (χ3v) is 2.09. The summed E-state index contributed by atoms with van der Waals surface area (Å²) >= 11 is 0. The Hall–Kier alpha value is -1.30. The second kappa shape index (κ2) is 4.08. The average molecular weight is 172 g/mol. The zero-order chi connectivity index (χ0) is 9.84. The molecule has 0 heterocycles. The van der Waals surface area contributed by atoms with E-state index in [0.717, 1.165) is 5.57 Å². The van der Waals surface area contributed by atoms with E-state index in [1.807, 2.05) is 13.0 Å². The fourth-order valence-electron chi connectivity index (χ4n) is 1.11. The van der Waals surface area contributed by atoms with Crippen LogP contribution in [0.25, 0.3) is 6.08 Å². The van der Waals surface area contributed by atoms with Gasteiger partial charge in [-0.15, -0.1) is 0 Å². The summed E-state index contributed by atoms with van der Waals surface area (Å²) in [5.41, 5.74) is 5.00. The number of hydrogen-bond donors (Lipinski definition) is 0. The van der Waals surface area contributed by atoms with E-state index >= 15 is 0 Å². The first-order valence-electron chi connectivity index (χ1n) is 4.50. The number of aryl methyl sites for hydroxylation is 2. The highest BCUT2D eigenvalue weighted by Crippen LogP contribution is 2.11. The third-order valence-electron chi connectivity index (χ3n) is 2.09. The molecule has 0 atom stereocenters. The van der Waals surface area contributed by atoms with Gasteiger partial charge in [-0.1, -0.05) is 42.5 Å². The molecule has 0 fully saturated rings. The lowest BCUT2D eigenvalue weighted by Crippen LogP contribution is -1.81. The van der Waals surface area contributed by atoms with E-state index in [4.69, 9.17) is 0 Å². The number of hydrogen-bond acceptors (Lipinski definition) is 0. The first-order valence-corrected chi connectivity index (χ1v) is 4.50. The molecule has 0 saturated heterocycles. The van der Waals surface area contributed by atoms with Gasteiger partial charge in [0.05, 0.1) is 0 Å². The third kappa shape index (κ3) is 2.90. The van der Waals surface area contributed by atoms with Crippen LogP contribution in [0.5, 0.6) is 0 Å². The van der Waals surface area contributed by atoms with Crippen LogP contribution in [-0.2, 0) is 0 Å². The Kier molecular flexibility index (Phi) is 3.07. The highest BCUT2D eigenvalue weighted by Gasteiger charge is 1.91. The second-order valence-corrected chi connectivity index (χ2v) is 3.52. The van der Waals surface area contributed by atoms with Gasteiger partial charge in [-0.25, -0.2) is 0 Å². The van der Waals surface area contributed by atoms with E-state index in [0.29, 0.717) is 0 Å². The Morgan fingerprint density at radius 2 is 1.92 bits per heavy atom. The zero-order valence-corrected chi connectivity index (χ0v) is 8.59. The predicted octanol–water partition coefficient (Wildman–Crippen LogP) is 3.89. The van der Waals surface area contributed by atoms with Crippen molar-refractivity contribution in [3.8, 4) is 0 Å². The van der Waals surface area contributed by atoms with Gasteiger partial charge in [-0.2, -0.15) is 0 Å². The molecule has 0 radical (unpaired) electrons. The van der Waals surface area contributed by atoms with Gasteiger partial charge in [0, 0.05) is 0 Å². The lowest BCUT2D eigenvalue weighted by Gasteiger charge is -2.00. The van der Waals surface area contributed by atoms with Crippen LogP contribution in [0.4, 0.5) is 0 Å². The second-order valence-electron chi connectivity index (χ2n) is 3.52. The Morgan fingerprint density at radius 1 is 1.23 bits per heavy atom. The van der Waals surface area contributed by atoms with Crippen LogP contribution >= 0.6 is 0 Å². The Bertz CT molecular complexity index is 343. The van der Waals surface area contributed by atoms with Crippen LogP contribution in [0.3, 0.4) is 0 Å². The lowest BCUT2D eigenvalue weighted by molar-refractivity contribution is 1.33. The molecule has 0 unspecified atom stereocenters. The van der Waals surface area contributed by atoms with Crippen molar-refractivity contribution < 1.29 is 0 Å². The molecule has 0 spiro atoms. The van der Waals surface area contributed by atoms with E-state index < -0.39 is 0 Å². The Labute approximate surface area is 80.6 Å². The molecule has 1 aromatic carbocycles. The van der Waals surface area contributed by atoms with Crippen LogP contribution in [0.2, 0.25) is 0 Å². The van der Waals surface area contributed by atoms with Crippen LogP contribution in [0, 0.1) is 13.8 Å². The smallest absolute Gasteiger partial charge is 0.0254 e. The van der Waals surface area contributed by atoms with Crippen molar-refractivity contribution in [3.05, 3.63) is 53.1 Å². The Morgan fingerprint density at radius 3 is 2.46 bits per heavy atom. The molecule has 1 rings (SSSR count). The van der Waals surface area contributed by atoms with Gasteiger partial charge in [-0.05, 0) is 37.5 Å². The standard InChI is InChI=1S/C13H16/c1-10(2)5-7-13-8-6-11(3)12(4)9-13/h5-9H,1H2,2-4H3. The lowest BCUT2D eigenvalue weighted by atomic mass is 10.1. The van der Waals surface area contributed by atoms with E-state index in [9.17, 15) is 0 Å². The summed E-state index contributed by atoms with van der Waals surface area (Å²) in [4.78, 5) is 0. The molecule has 0 aliphatic carbocycles. The minimum atomic E-state index is 1.08. The van der Waals surface area contributed by atoms with Gasteiger partial charge in [0.2, 0.25) is 0 Å². The van der Waals surface area contributed by atoms with Gasteiger partial charge in [0.15, 0.2) is 0 Å². The molecule has 0 N–H and O–H groups in total. The van der Waals surface area contributed by atoms with Gasteiger partial charge in [-0.3, -0.25) is 0 Å². The maximum absolute atomic E-state index is 3.82. The maximum Gasteiger partial charge on any atom is -0.0254 e. The molecule has 1 aromatic rings. The first kappa shape index (κ1) is 9.79. The largest absolute Gasteiger partial charge is 0.0961 e. The van der Waals surface area contributed by atoms with Crippen LogP contribution in [-0.4, -0.2) is 0 Å². The quantitative estimate of drug-likeness (QED) is 0.594. The van der Waals surface area contributed by atoms with Crippen LogP contribution in [0.1, 0.15) is 23.6 Å². The van der Waals surface area contributed by atoms with Gasteiger partial charge >= 0.3 is 0 Å². The van der Waals surface area contributed by atoms with E-state index in [1.54, 1.807) is 0 Å². The highest BCUT2D eigenvalue weighted by molar-refractivity contribution is 5.54. The SMILES string of the molecule is C=C(C)C=Cc1ccc(C)c(C)c1. The molecule has 0 aliphatic heterocycles. The van der Waals surface area contributed by atoms with Crippen molar-refractivity contribution in [2.75, 3.05) is 0 Å². The normalized spacial score (nSPS) is 10.7. The number of benzene rings is 1. The van der Waals surface area contributed by atoms with Crippen LogP contribution < -0.4 is 0 Å². The molecule has 0 bridgehead atoms. The van der Waals surface area contributed by atoms with Gasteiger partial charge in [0.25, 0.3) is 0 Å². The molecule has 68 valence electrons. The minimum absolute atomic E-state index is 1.08. The highest BCUT2D eigenvalue weighted by atomic mass is 14.0. The van der Waals surface area contributed by atoms with Crippen molar-refractivity contribution in [1.29, 1.82) is 0 Å². The number of allylic oxidation sites excluding steroid dienone is 2. The summed E-state index contributed by atoms with van der Waals surface area (Å²) in [7, 11) is 0. The van der Waals surface area contributed by atoms with E-state index in [1.165, 1.54) is 16.7 Å². The predicted molar refractivity (Wildman–Crippen MR) is 59.8 cm³/mol. The maximum atomic E-state index is 3.82. The molecule has 0 aliphatic rings. The van der Waals surface area contributed by atoms with Crippen molar-refractivity contribution >= 4 is 6.08 Å². The summed E-state index contributed by atoms with van der Waals surface area (Å²) in [6, 6.07) is 6.46. The molecule has 13 heavy (non-hydrogen) atoms. The summed E-state index contributed by atoms with van der Waals surface area (Å²) < 4.78 is 0. The van der Waals surface area contributed by atoms with Crippen molar-refractivity contribution in [2.24, 2.45) is 0 Å². The first-order chi connectivity index (χ1) is 6.09. The fourth-order valence-corrected chi connectivity index (χ4v) is 1.11. The van der Waals surface area contributed by atoms with Gasteiger partial charge < -0.3 is 0 Å². The van der Waals surface area contributed by atoms with Crippen molar-refractivity contribution in [3.63, 3.8) is 0 Å². The molecule has 0 nitrogen and oxygen atoms in total.